The van der Waals surface area contributed by atoms with Crippen LogP contribution in [0.5, 0.6) is 0 Å². The van der Waals surface area contributed by atoms with Gasteiger partial charge in [-0.25, -0.2) is 0 Å². The van der Waals surface area contributed by atoms with Gasteiger partial charge in [-0.05, 0) is 47.2 Å². The van der Waals surface area contributed by atoms with Gasteiger partial charge in [-0.3, -0.25) is 4.68 Å². The minimum atomic E-state index is -4.29. The Morgan fingerprint density at radius 3 is 2.28 bits per heavy atom. The van der Waals surface area contributed by atoms with Crippen molar-refractivity contribution >= 4 is 22.6 Å². The zero-order chi connectivity index (χ0) is 13.3. The van der Waals surface area contributed by atoms with Gasteiger partial charge in [-0.1, -0.05) is 12.1 Å². The van der Waals surface area contributed by atoms with E-state index in [0.717, 1.165) is 21.3 Å². The van der Waals surface area contributed by atoms with Gasteiger partial charge in [0.25, 0.3) is 0 Å². The number of aromatic nitrogens is 2. The molecule has 2 nitrogen and oxygen atoms in total. The van der Waals surface area contributed by atoms with Crippen LogP contribution < -0.4 is 0 Å². The van der Waals surface area contributed by atoms with Crippen LogP contribution in [0.4, 0.5) is 13.2 Å². The van der Waals surface area contributed by atoms with Crippen molar-refractivity contribution in [2.45, 2.75) is 19.1 Å². The maximum Gasteiger partial charge on any atom is 0.416 e. The molecule has 2 rings (SSSR count). The fourth-order valence-corrected chi connectivity index (χ4v) is 2.04. The van der Waals surface area contributed by atoms with Crippen LogP contribution in [-0.2, 0) is 6.18 Å². The molecule has 1 heterocycles. The highest BCUT2D eigenvalue weighted by Gasteiger charge is 2.30. The summed E-state index contributed by atoms with van der Waals surface area (Å²) in [7, 11) is 0. The second-order valence-electron chi connectivity index (χ2n) is 3.93. The topological polar surface area (TPSA) is 17.8 Å². The number of rotatable bonds is 2. The average molecular weight is 366 g/mol. The van der Waals surface area contributed by atoms with E-state index in [0.29, 0.717) is 0 Å². The van der Waals surface area contributed by atoms with Gasteiger partial charge in [-0.2, -0.15) is 18.3 Å². The molecule has 96 valence electrons. The second-order valence-corrected chi connectivity index (χ2v) is 5.18. The lowest BCUT2D eigenvalue weighted by molar-refractivity contribution is -0.137. The van der Waals surface area contributed by atoms with Crippen LogP contribution in [0.25, 0.3) is 0 Å². The quantitative estimate of drug-likeness (QED) is 0.732. The van der Waals surface area contributed by atoms with Gasteiger partial charge in [0.2, 0.25) is 0 Å². The highest BCUT2D eigenvalue weighted by molar-refractivity contribution is 14.1. The Labute approximate surface area is 116 Å². The second kappa shape index (κ2) is 4.91. The summed E-state index contributed by atoms with van der Waals surface area (Å²) in [6.07, 6.45) is -0.729. The van der Waals surface area contributed by atoms with Gasteiger partial charge in [-0.15, -0.1) is 0 Å². The Bertz CT molecular complexity index is 531. The SMILES string of the molecule is CC(c1ccc(C(F)(F)F)cc1)n1cc(I)cn1. The molecule has 0 aliphatic heterocycles. The highest BCUT2D eigenvalue weighted by atomic mass is 127. The Balaban J connectivity index is 2.24. The van der Waals surface area contributed by atoms with E-state index in [1.807, 2.05) is 13.1 Å². The summed E-state index contributed by atoms with van der Waals surface area (Å²) < 4.78 is 40.0. The zero-order valence-corrected chi connectivity index (χ0v) is 11.6. The lowest BCUT2D eigenvalue weighted by Crippen LogP contribution is -2.09. The molecule has 0 N–H and O–H groups in total. The van der Waals surface area contributed by atoms with Crippen LogP contribution >= 0.6 is 22.6 Å². The minimum absolute atomic E-state index is 0.0872. The van der Waals surface area contributed by atoms with Gasteiger partial charge in [0.05, 0.1) is 21.4 Å². The van der Waals surface area contributed by atoms with E-state index >= 15 is 0 Å². The normalized spacial score (nSPS) is 13.6. The Morgan fingerprint density at radius 1 is 1.22 bits per heavy atom. The van der Waals surface area contributed by atoms with Crippen LogP contribution in [-0.4, -0.2) is 9.78 Å². The zero-order valence-electron chi connectivity index (χ0n) is 9.45. The molecule has 0 saturated carbocycles. The van der Waals surface area contributed by atoms with Gasteiger partial charge in [0.15, 0.2) is 0 Å². The van der Waals surface area contributed by atoms with E-state index in [1.165, 1.54) is 12.1 Å². The van der Waals surface area contributed by atoms with E-state index in [2.05, 4.69) is 27.7 Å². The molecule has 0 aliphatic rings. The summed E-state index contributed by atoms with van der Waals surface area (Å²) in [6.45, 7) is 1.89. The summed E-state index contributed by atoms with van der Waals surface area (Å²) in [5.74, 6) is 0. The average Bonchev–Trinajstić information content (AvgIpc) is 2.74. The van der Waals surface area contributed by atoms with Crippen molar-refractivity contribution < 1.29 is 13.2 Å². The first-order valence-electron chi connectivity index (χ1n) is 5.25. The lowest BCUT2D eigenvalue weighted by Gasteiger charge is -2.14. The van der Waals surface area contributed by atoms with Gasteiger partial charge in [0, 0.05) is 6.20 Å². The van der Waals surface area contributed by atoms with Crippen LogP contribution in [0, 0.1) is 3.57 Å². The summed E-state index contributed by atoms with van der Waals surface area (Å²) in [6, 6.07) is 5.08. The molecule has 0 amide bonds. The molecular weight excluding hydrogens is 356 g/mol. The summed E-state index contributed by atoms with van der Waals surface area (Å²) >= 11 is 2.14. The van der Waals surface area contributed by atoms with E-state index in [1.54, 1.807) is 10.9 Å². The van der Waals surface area contributed by atoms with Gasteiger partial charge < -0.3 is 0 Å². The molecule has 18 heavy (non-hydrogen) atoms. The fourth-order valence-electron chi connectivity index (χ4n) is 1.63. The first kappa shape index (κ1) is 13.4. The fraction of sp³-hybridized carbons (Fsp3) is 0.250. The van der Waals surface area contributed by atoms with Gasteiger partial charge in [0.1, 0.15) is 0 Å². The summed E-state index contributed by atoms with van der Waals surface area (Å²) in [5.41, 5.74) is 0.163. The number of alkyl halides is 3. The molecule has 6 heteroatoms. The van der Waals surface area contributed by atoms with Crippen molar-refractivity contribution in [2.24, 2.45) is 0 Å². The van der Waals surface area contributed by atoms with Crippen LogP contribution in [0.1, 0.15) is 24.1 Å². The van der Waals surface area contributed by atoms with E-state index < -0.39 is 11.7 Å². The predicted octanol–water partition coefficient (Wildman–Crippen LogP) is 4.12. The van der Waals surface area contributed by atoms with Crippen LogP contribution in [0.2, 0.25) is 0 Å². The van der Waals surface area contributed by atoms with E-state index in [4.69, 9.17) is 0 Å². The maximum absolute atomic E-state index is 12.4. The molecule has 1 unspecified atom stereocenters. The van der Waals surface area contributed by atoms with Crippen molar-refractivity contribution in [1.82, 2.24) is 9.78 Å². The van der Waals surface area contributed by atoms with Gasteiger partial charge >= 0.3 is 6.18 Å². The van der Waals surface area contributed by atoms with Crippen molar-refractivity contribution in [3.05, 3.63) is 51.4 Å². The molecular formula is C12H10F3IN2. The molecule has 0 bridgehead atoms. The Hall–Kier alpha value is -1.05. The minimum Gasteiger partial charge on any atom is -0.264 e. The molecule has 0 saturated heterocycles. The molecule has 0 aliphatic carbocycles. The number of hydrogen-bond donors (Lipinski definition) is 0. The Morgan fingerprint density at radius 2 is 1.83 bits per heavy atom. The first-order valence-corrected chi connectivity index (χ1v) is 6.32. The molecule has 1 atom stereocenters. The van der Waals surface area contributed by atoms with Crippen LogP contribution in [0.3, 0.4) is 0 Å². The number of hydrogen-bond acceptors (Lipinski definition) is 1. The van der Waals surface area contributed by atoms with Crippen molar-refractivity contribution in [3.63, 3.8) is 0 Å². The smallest absolute Gasteiger partial charge is 0.264 e. The molecule has 1 aromatic heterocycles. The largest absolute Gasteiger partial charge is 0.416 e. The number of benzene rings is 1. The van der Waals surface area contributed by atoms with E-state index in [-0.39, 0.29) is 6.04 Å². The maximum atomic E-state index is 12.4. The third-order valence-corrected chi connectivity index (χ3v) is 3.24. The summed E-state index contributed by atoms with van der Waals surface area (Å²) in [5, 5.41) is 4.15. The molecule has 0 spiro atoms. The van der Waals surface area contributed by atoms with E-state index in [9.17, 15) is 13.2 Å². The molecule has 0 fully saturated rings. The summed E-state index contributed by atoms with van der Waals surface area (Å²) in [4.78, 5) is 0. The Kier molecular flexibility index (Phi) is 3.65. The van der Waals surface area contributed by atoms with Crippen molar-refractivity contribution in [1.29, 1.82) is 0 Å². The monoisotopic (exact) mass is 366 g/mol. The number of halogens is 4. The lowest BCUT2D eigenvalue weighted by atomic mass is 10.1. The molecule has 2 aromatic rings. The molecule has 0 radical (unpaired) electrons. The highest BCUT2D eigenvalue weighted by Crippen LogP contribution is 2.30. The predicted molar refractivity (Wildman–Crippen MR) is 70.2 cm³/mol. The van der Waals surface area contributed by atoms with Crippen molar-refractivity contribution in [2.75, 3.05) is 0 Å². The number of nitrogens with zero attached hydrogens (tertiary/aromatic N) is 2. The van der Waals surface area contributed by atoms with Crippen molar-refractivity contribution in [3.8, 4) is 0 Å². The third kappa shape index (κ3) is 2.85. The first-order chi connectivity index (χ1) is 8.38. The molecule has 1 aromatic carbocycles. The standard InChI is InChI=1S/C12H10F3IN2/c1-8(18-7-11(16)6-17-18)9-2-4-10(5-3-9)12(13,14)15/h2-8H,1H3. The third-order valence-electron chi connectivity index (χ3n) is 2.69. The van der Waals surface area contributed by atoms with Crippen LogP contribution in [0.15, 0.2) is 36.7 Å².